The van der Waals surface area contributed by atoms with Gasteiger partial charge in [0.15, 0.2) is 5.96 Å². The molecule has 126 valence electrons. The molecule has 0 aromatic heterocycles. The van der Waals surface area contributed by atoms with Crippen molar-refractivity contribution in [3.05, 3.63) is 29.8 Å². The van der Waals surface area contributed by atoms with Gasteiger partial charge in [-0.05, 0) is 49.4 Å². The largest absolute Gasteiger partial charge is 0.497 e. The van der Waals surface area contributed by atoms with Gasteiger partial charge in [0.1, 0.15) is 5.75 Å². The Morgan fingerprint density at radius 3 is 2.65 bits per heavy atom. The highest BCUT2D eigenvalue weighted by atomic mass is 16.5. The van der Waals surface area contributed by atoms with Crippen LogP contribution in [0.3, 0.4) is 0 Å². The molecule has 2 aliphatic rings. The molecule has 1 unspecified atom stereocenters. The first-order valence-corrected chi connectivity index (χ1v) is 8.60. The van der Waals surface area contributed by atoms with Crippen molar-refractivity contribution in [2.24, 2.45) is 10.9 Å². The zero-order valence-corrected chi connectivity index (χ0v) is 14.2. The molecule has 2 N–H and O–H groups in total. The van der Waals surface area contributed by atoms with Crippen molar-refractivity contribution in [2.75, 3.05) is 33.8 Å². The Morgan fingerprint density at radius 1 is 1.22 bits per heavy atom. The van der Waals surface area contributed by atoms with Gasteiger partial charge in [0.2, 0.25) is 0 Å². The van der Waals surface area contributed by atoms with Gasteiger partial charge in [-0.3, -0.25) is 4.99 Å². The number of rotatable bonds is 6. The standard InChI is InChI=1S/C18H28N4O/c1-19-18(20-11-14-3-7-17(23-2)8-4-14)21-12-15-9-10-22(13-15)16-5-6-16/h3-4,7-8,15-16H,5-6,9-13H2,1-2H3,(H2,19,20,21). The smallest absolute Gasteiger partial charge is 0.191 e. The molecule has 3 rings (SSSR count). The first-order chi connectivity index (χ1) is 11.3. The zero-order chi connectivity index (χ0) is 16.1. The van der Waals surface area contributed by atoms with Gasteiger partial charge in [0.05, 0.1) is 7.11 Å². The van der Waals surface area contributed by atoms with Gasteiger partial charge in [-0.25, -0.2) is 0 Å². The van der Waals surface area contributed by atoms with Crippen LogP contribution in [-0.4, -0.2) is 50.7 Å². The Balaban J connectivity index is 1.39. The lowest BCUT2D eigenvalue weighted by molar-refractivity contribution is 0.314. The Kier molecular flexibility index (Phi) is 5.39. The highest BCUT2D eigenvalue weighted by Gasteiger charge is 2.34. The van der Waals surface area contributed by atoms with E-state index >= 15 is 0 Å². The van der Waals surface area contributed by atoms with Crippen LogP contribution in [0.2, 0.25) is 0 Å². The van der Waals surface area contributed by atoms with Crippen LogP contribution >= 0.6 is 0 Å². The third-order valence-electron chi connectivity index (χ3n) is 4.78. The summed E-state index contributed by atoms with van der Waals surface area (Å²) in [5.41, 5.74) is 1.22. The van der Waals surface area contributed by atoms with Gasteiger partial charge in [-0.1, -0.05) is 12.1 Å². The molecule has 1 saturated carbocycles. The van der Waals surface area contributed by atoms with Crippen LogP contribution < -0.4 is 15.4 Å². The lowest BCUT2D eigenvalue weighted by atomic mass is 10.1. The van der Waals surface area contributed by atoms with Crippen molar-refractivity contribution in [2.45, 2.75) is 31.8 Å². The summed E-state index contributed by atoms with van der Waals surface area (Å²) in [5, 5.41) is 6.85. The summed E-state index contributed by atoms with van der Waals surface area (Å²) >= 11 is 0. The summed E-state index contributed by atoms with van der Waals surface area (Å²) in [6.07, 6.45) is 4.12. The Bertz CT molecular complexity index is 524. The molecule has 1 atom stereocenters. The molecule has 1 aromatic carbocycles. The van der Waals surface area contributed by atoms with Crippen LogP contribution in [0.5, 0.6) is 5.75 Å². The second-order valence-electron chi connectivity index (χ2n) is 6.54. The average Bonchev–Trinajstić information content (AvgIpc) is 3.34. The number of nitrogens with one attached hydrogen (secondary N) is 2. The van der Waals surface area contributed by atoms with Gasteiger partial charge in [-0.2, -0.15) is 0 Å². The molecule has 1 saturated heterocycles. The number of likely N-dealkylation sites (tertiary alicyclic amines) is 1. The minimum Gasteiger partial charge on any atom is -0.497 e. The van der Waals surface area contributed by atoms with Crippen molar-refractivity contribution >= 4 is 5.96 Å². The van der Waals surface area contributed by atoms with Crippen LogP contribution in [0.4, 0.5) is 0 Å². The molecular formula is C18H28N4O. The Hall–Kier alpha value is -1.75. The van der Waals surface area contributed by atoms with Crippen molar-refractivity contribution in [3.63, 3.8) is 0 Å². The van der Waals surface area contributed by atoms with Crippen LogP contribution in [0.1, 0.15) is 24.8 Å². The second-order valence-corrected chi connectivity index (χ2v) is 6.54. The van der Waals surface area contributed by atoms with E-state index in [0.717, 1.165) is 36.8 Å². The van der Waals surface area contributed by atoms with Crippen LogP contribution in [0.25, 0.3) is 0 Å². The summed E-state index contributed by atoms with van der Waals surface area (Å²) in [6, 6.07) is 9.01. The van der Waals surface area contributed by atoms with E-state index in [-0.39, 0.29) is 0 Å². The number of nitrogens with zero attached hydrogens (tertiary/aromatic N) is 2. The fourth-order valence-corrected chi connectivity index (χ4v) is 3.19. The van der Waals surface area contributed by atoms with E-state index in [2.05, 4.69) is 32.7 Å². The van der Waals surface area contributed by atoms with E-state index < -0.39 is 0 Å². The maximum Gasteiger partial charge on any atom is 0.191 e. The second kappa shape index (κ2) is 7.68. The van der Waals surface area contributed by atoms with Gasteiger partial charge >= 0.3 is 0 Å². The molecule has 1 heterocycles. The van der Waals surface area contributed by atoms with E-state index in [0.29, 0.717) is 0 Å². The minimum absolute atomic E-state index is 0.745. The molecule has 0 spiro atoms. The summed E-state index contributed by atoms with van der Waals surface area (Å²) in [7, 11) is 3.51. The lowest BCUT2D eigenvalue weighted by Gasteiger charge is -2.17. The Morgan fingerprint density at radius 2 is 2.00 bits per heavy atom. The molecule has 0 bridgehead atoms. The molecular weight excluding hydrogens is 288 g/mol. The summed E-state index contributed by atoms with van der Waals surface area (Å²) in [4.78, 5) is 6.97. The first-order valence-electron chi connectivity index (χ1n) is 8.60. The number of aliphatic imine (C=N–C) groups is 1. The first kappa shape index (κ1) is 16.1. The van der Waals surface area contributed by atoms with Crippen LogP contribution in [0.15, 0.2) is 29.3 Å². The number of hydrogen-bond donors (Lipinski definition) is 2. The van der Waals surface area contributed by atoms with Gasteiger partial charge in [-0.15, -0.1) is 0 Å². The fourth-order valence-electron chi connectivity index (χ4n) is 3.19. The Labute approximate surface area is 139 Å². The maximum absolute atomic E-state index is 5.18. The van der Waals surface area contributed by atoms with Gasteiger partial charge in [0, 0.05) is 32.7 Å². The molecule has 0 radical (unpaired) electrons. The quantitative estimate of drug-likeness (QED) is 0.621. The third kappa shape index (κ3) is 4.61. The fraction of sp³-hybridized carbons (Fsp3) is 0.611. The molecule has 1 aliphatic heterocycles. The molecule has 5 heteroatoms. The minimum atomic E-state index is 0.745. The zero-order valence-electron chi connectivity index (χ0n) is 14.2. The van der Waals surface area contributed by atoms with E-state index in [1.54, 1.807) is 7.11 Å². The summed E-state index contributed by atoms with van der Waals surface area (Å²) < 4.78 is 5.18. The van der Waals surface area contributed by atoms with E-state index in [9.17, 15) is 0 Å². The SMILES string of the molecule is CN=C(NCc1ccc(OC)cc1)NCC1CCN(C2CC2)C1. The maximum atomic E-state index is 5.18. The summed E-state index contributed by atoms with van der Waals surface area (Å²) in [5.74, 6) is 2.51. The van der Waals surface area contributed by atoms with Crippen molar-refractivity contribution in [1.82, 2.24) is 15.5 Å². The van der Waals surface area contributed by atoms with Crippen molar-refractivity contribution in [1.29, 1.82) is 0 Å². The van der Waals surface area contributed by atoms with E-state index in [1.807, 2.05) is 19.2 Å². The molecule has 5 nitrogen and oxygen atoms in total. The number of methoxy groups -OCH3 is 1. The number of hydrogen-bond acceptors (Lipinski definition) is 3. The number of ether oxygens (including phenoxy) is 1. The van der Waals surface area contributed by atoms with Crippen LogP contribution in [-0.2, 0) is 6.54 Å². The number of guanidine groups is 1. The monoisotopic (exact) mass is 316 g/mol. The molecule has 2 fully saturated rings. The topological polar surface area (TPSA) is 48.9 Å². The predicted molar refractivity (Wildman–Crippen MR) is 93.9 cm³/mol. The van der Waals surface area contributed by atoms with Crippen LogP contribution in [0, 0.1) is 5.92 Å². The third-order valence-corrected chi connectivity index (χ3v) is 4.78. The highest BCUT2D eigenvalue weighted by molar-refractivity contribution is 5.79. The average molecular weight is 316 g/mol. The lowest BCUT2D eigenvalue weighted by Crippen LogP contribution is -2.40. The van der Waals surface area contributed by atoms with Crippen molar-refractivity contribution < 1.29 is 4.74 Å². The molecule has 1 aromatic rings. The molecule has 23 heavy (non-hydrogen) atoms. The number of benzene rings is 1. The van der Waals surface area contributed by atoms with Crippen molar-refractivity contribution in [3.8, 4) is 5.75 Å². The normalized spacial score (nSPS) is 22.2. The molecule has 1 aliphatic carbocycles. The molecule has 0 amide bonds. The van der Waals surface area contributed by atoms with Gasteiger partial charge in [0.25, 0.3) is 0 Å². The summed E-state index contributed by atoms with van der Waals surface area (Å²) in [6.45, 7) is 4.29. The highest BCUT2D eigenvalue weighted by Crippen LogP contribution is 2.31. The predicted octanol–water partition coefficient (Wildman–Crippen LogP) is 1.84. The van der Waals surface area contributed by atoms with E-state index in [1.165, 1.54) is 37.9 Å². The van der Waals surface area contributed by atoms with Gasteiger partial charge < -0.3 is 20.3 Å². The van der Waals surface area contributed by atoms with E-state index in [4.69, 9.17) is 4.74 Å².